The number of rotatable bonds is 11. The Morgan fingerprint density at radius 1 is 1.17 bits per heavy atom. The number of carbonyl (C=O) groups is 1. The van der Waals surface area contributed by atoms with E-state index < -0.39 is 6.09 Å². The van der Waals surface area contributed by atoms with Crippen molar-refractivity contribution in [2.24, 2.45) is 5.73 Å². The topological polar surface area (TPSA) is 107 Å². The maximum atomic E-state index is 11.7. The summed E-state index contributed by atoms with van der Waals surface area (Å²) in [6.45, 7) is 5.27. The van der Waals surface area contributed by atoms with Crippen LogP contribution < -0.4 is 20.1 Å². The van der Waals surface area contributed by atoms with Crippen LogP contribution in [0.2, 0.25) is 0 Å². The molecule has 2 unspecified atom stereocenters. The summed E-state index contributed by atoms with van der Waals surface area (Å²) in [6.07, 6.45) is 0.480. The number of piperidine rings is 1. The van der Waals surface area contributed by atoms with Crippen molar-refractivity contribution < 1.29 is 28.8 Å². The van der Waals surface area contributed by atoms with Crippen molar-refractivity contribution in [2.75, 3.05) is 64.6 Å². The smallest absolute Gasteiger partial charge is 0.407 e. The van der Waals surface area contributed by atoms with Crippen molar-refractivity contribution in [3.63, 3.8) is 0 Å². The number of amides is 1. The standard InChI is InChI=1S/C27H37N3O6/c1-33-14-2-11-29-13-16-35-25-8-3-20(17-24(25)29)19-36-26-18-30(27(31)32)12-9-23(26)21-4-6-22(7-5-21)34-15-10-28/h3-8,17,23,26H,2,9-16,18-19,28H2,1H3,(H,31,32). The minimum atomic E-state index is -0.912. The highest BCUT2D eigenvalue weighted by molar-refractivity contribution is 5.65. The molecule has 196 valence electrons. The fourth-order valence-electron chi connectivity index (χ4n) is 4.87. The van der Waals surface area contributed by atoms with Gasteiger partial charge in [-0.25, -0.2) is 4.79 Å². The Bertz CT molecular complexity index is 986. The lowest BCUT2D eigenvalue weighted by molar-refractivity contribution is -0.0199. The Hall–Kier alpha value is -3.01. The van der Waals surface area contributed by atoms with Crippen LogP contribution >= 0.6 is 0 Å². The quantitative estimate of drug-likeness (QED) is 0.454. The van der Waals surface area contributed by atoms with Crippen LogP contribution in [-0.2, 0) is 16.1 Å². The number of carboxylic acid groups (broad SMARTS) is 1. The molecule has 0 aromatic heterocycles. The molecule has 3 N–H and O–H groups in total. The molecule has 4 rings (SSSR count). The van der Waals surface area contributed by atoms with Gasteiger partial charge in [0, 0.05) is 39.3 Å². The summed E-state index contributed by atoms with van der Waals surface area (Å²) < 4.78 is 23.1. The van der Waals surface area contributed by atoms with Gasteiger partial charge < -0.3 is 39.6 Å². The predicted octanol–water partition coefficient (Wildman–Crippen LogP) is 3.31. The van der Waals surface area contributed by atoms with Gasteiger partial charge >= 0.3 is 6.09 Å². The fourth-order valence-corrected chi connectivity index (χ4v) is 4.87. The van der Waals surface area contributed by atoms with Gasteiger partial charge in [-0.1, -0.05) is 18.2 Å². The number of ether oxygens (including phenoxy) is 4. The minimum Gasteiger partial charge on any atom is -0.492 e. The summed E-state index contributed by atoms with van der Waals surface area (Å²) in [5.41, 5.74) is 8.75. The molecule has 1 amide bonds. The number of fused-ring (bicyclic) bond motifs is 1. The van der Waals surface area contributed by atoms with Crippen LogP contribution in [0.25, 0.3) is 0 Å². The van der Waals surface area contributed by atoms with Crippen LogP contribution in [0.5, 0.6) is 11.5 Å². The lowest BCUT2D eigenvalue weighted by Gasteiger charge is -2.37. The number of methoxy groups -OCH3 is 1. The van der Waals surface area contributed by atoms with Gasteiger partial charge in [-0.05, 0) is 48.2 Å². The molecule has 0 aliphatic carbocycles. The van der Waals surface area contributed by atoms with Crippen LogP contribution in [0.1, 0.15) is 29.9 Å². The summed E-state index contributed by atoms with van der Waals surface area (Å²) in [6, 6.07) is 14.1. The Morgan fingerprint density at radius 3 is 2.75 bits per heavy atom. The second-order valence-electron chi connectivity index (χ2n) is 9.16. The number of nitrogens with zero attached hydrogens (tertiary/aromatic N) is 2. The molecule has 0 spiro atoms. The van der Waals surface area contributed by atoms with Crippen LogP contribution in [-0.4, -0.2) is 81.9 Å². The molecule has 9 heteroatoms. The largest absolute Gasteiger partial charge is 0.492 e. The maximum absolute atomic E-state index is 11.7. The predicted molar refractivity (Wildman–Crippen MR) is 137 cm³/mol. The zero-order valence-corrected chi connectivity index (χ0v) is 20.9. The van der Waals surface area contributed by atoms with Crippen LogP contribution in [0.15, 0.2) is 42.5 Å². The average Bonchev–Trinajstić information content (AvgIpc) is 2.91. The highest BCUT2D eigenvalue weighted by Gasteiger charge is 2.33. The molecule has 2 aliphatic rings. The second-order valence-corrected chi connectivity index (χ2v) is 9.16. The number of nitrogens with two attached hydrogens (primary N) is 1. The first-order chi connectivity index (χ1) is 17.6. The SMILES string of the molecule is COCCCN1CCOc2ccc(COC3CN(C(=O)O)CCC3c3ccc(OCCN)cc3)cc21. The summed E-state index contributed by atoms with van der Waals surface area (Å²) in [7, 11) is 1.72. The van der Waals surface area contributed by atoms with E-state index in [4.69, 9.17) is 24.7 Å². The lowest BCUT2D eigenvalue weighted by Crippen LogP contribution is -2.46. The molecule has 2 atom stereocenters. The minimum absolute atomic E-state index is 0.0932. The molecule has 1 saturated heterocycles. The zero-order valence-electron chi connectivity index (χ0n) is 20.9. The molecule has 2 aromatic rings. The average molecular weight is 500 g/mol. The van der Waals surface area contributed by atoms with Crippen molar-refractivity contribution in [3.05, 3.63) is 53.6 Å². The van der Waals surface area contributed by atoms with Gasteiger partial charge in [0.25, 0.3) is 0 Å². The lowest BCUT2D eigenvalue weighted by atomic mass is 9.87. The molecule has 2 heterocycles. The van der Waals surface area contributed by atoms with Gasteiger partial charge in [0.15, 0.2) is 0 Å². The summed E-state index contributed by atoms with van der Waals surface area (Å²) in [4.78, 5) is 15.4. The Labute approximate surface area is 212 Å². The van der Waals surface area contributed by atoms with E-state index in [-0.39, 0.29) is 12.0 Å². The molecular formula is C27H37N3O6. The first-order valence-corrected chi connectivity index (χ1v) is 12.6. The van der Waals surface area contributed by atoms with E-state index >= 15 is 0 Å². The van der Waals surface area contributed by atoms with Crippen molar-refractivity contribution >= 4 is 11.8 Å². The van der Waals surface area contributed by atoms with Crippen molar-refractivity contribution in [3.8, 4) is 11.5 Å². The van der Waals surface area contributed by atoms with Crippen molar-refractivity contribution in [1.82, 2.24) is 4.90 Å². The zero-order chi connectivity index (χ0) is 25.3. The molecule has 2 aromatic carbocycles. The van der Waals surface area contributed by atoms with Gasteiger partial charge in [0.2, 0.25) is 0 Å². The molecule has 36 heavy (non-hydrogen) atoms. The molecule has 9 nitrogen and oxygen atoms in total. The second kappa shape index (κ2) is 12.8. The van der Waals surface area contributed by atoms with Crippen molar-refractivity contribution in [2.45, 2.75) is 31.5 Å². The third-order valence-electron chi connectivity index (χ3n) is 6.75. The summed E-state index contributed by atoms with van der Waals surface area (Å²) >= 11 is 0. The third-order valence-corrected chi connectivity index (χ3v) is 6.75. The van der Waals surface area contributed by atoms with E-state index in [0.717, 1.165) is 54.4 Å². The number of benzene rings is 2. The van der Waals surface area contributed by atoms with E-state index in [1.807, 2.05) is 36.4 Å². The molecule has 1 fully saturated rings. The Kier molecular flexibility index (Phi) is 9.27. The van der Waals surface area contributed by atoms with E-state index in [1.54, 1.807) is 7.11 Å². The normalized spacial score (nSPS) is 19.5. The van der Waals surface area contributed by atoms with Crippen molar-refractivity contribution in [1.29, 1.82) is 0 Å². The third kappa shape index (κ3) is 6.60. The van der Waals surface area contributed by atoms with Crippen LogP contribution in [0, 0.1) is 0 Å². The van der Waals surface area contributed by atoms with Crippen LogP contribution in [0.3, 0.4) is 0 Å². The first-order valence-electron chi connectivity index (χ1n) is 12.6. The summed E-state index contributed by atoms with van der Waals surface area (Å²) in [5, 5.41) is 9.58. The number of hydrogen-bond donors (Lipinski definition) is 2. The number of hydrogen-bond acceptors (Lipinski definition) is 7. The number of likely N-dealkylation sites (tertiary alicyclic amines) is 1. The van der Waals surface area contributed by atoms with E-state index in [1.165, 1.54) is 4.90 Å². The van der Waals surface area contributed by atoms with Gasteiger partial charge in [0.1, 0.15) is 24.7 Å². The first kappa shape index (κ1) is 26.1. The van der Waals surface area contributed by atoms with Gasteiger partial charge in [-0.15, -0.1) is 0 Å². The Balaban J connectivity index is 1.46. The van der Waals surface area contributed by atoms with Gasteiger partial charge in [0.05, 0.1) is 31.5 Å². The molecular weight excluding hydrogens is 462 g/mol. The van der Waals surface area contributed by atoms with E-state index in [0.29, 0.717) is 45.9 Å². The highest BCUT2D eigenvalue weighted by Crippen LogP contribution is 2.35. The Morgan fingerprint density at radius 2 is 2.00 bits per heavy atom. The van der Waals surface area contributed by atoms with Gasteiger partial charge in [-0.3, -0.25) is 0 Å². The molecule has 0 saturated carbocycles. The van der Waals surface area contributed by atoms with E-state index in [9.17, 15) is 9.90 Å². The molecule has 2 aliphatic heterocycles. The maximum Gasteiger partial charge on any atom is 0.407 e. The van der Waals surface area contributed by atoms with Gasteiger partial charge in [-0.2, -0.15) is 0 Å². The molecule has 0 radical (unpaired) electrons. The number of anilines is 1. The molecule has 0 bridgehead atoms. The fraction of sp³-hybridized carbons (Fsp3) is 0.519. The van der Waals surface area contributed by atoms with E-state index in [2.05, 4.69) is 11.0 Å². The van der Waals surface area contributed by atoms with Crippen LogP contribution in [0.4, 0.5) is 10.5 Å². The highest BCUT2D eigenvalue weighted by atomic mass is 16.5. The summed E-state index contributed by atoms with van der Waals surface area (Å²) in [5.74, 6) is 1.75. The monoisotopic (exact) mass is 499 g/mol.